The third kappa shape index (κ3) is 3.82. The van der Waals surface area contributed by atoms with Crippen molar-refractivity contribution in [1.82, 2.24) is 5.32 Å². The first-order valence-corrected chi connectivity index (χ1v) is 4.66. The van der Waals surface area contributed by atoms with E-state index in [-0.39, 0.29) is 11.3 Å². The third-order valence-electron chi connectivity index (χ3n) is 1.84. The minimum absolute atomic E-state index is 0.151. The Morgan fingerprint density at radius 3 is 2.47 bits per heavy atom. The van der Waals surface area contributed by atoms with Crippen LogP contribution >= 0.6 is 0 Å². The molecule has 0 bridgehead atoms. The molecule has 90 valence electrons. The third-order valence-corrected chi connectivity index (χ3v) is 1.84. The van der Waals surface area contributed by atoms with Gasteiger partial charge in [-0.2, -0.15) is 0 Å². The molecular formula is C10H11N3O4. The van der Waals surface area contributed by atoms with Crippen molar-refractivity contribution in [2.24, 2.45) is 5.73 Å². The molecule has 0 aliphatic carbocycles. The van der Waals surface area contributed by atoms with Gasteiger partial charge in [-0.15, -0.1) is 0 Å². The van der Waals surface area contributed by atoms with Crippen LogP contribution in [0.3, 0.4) is 0 Å². The zero-order chi connectivity index (χ0) is 12.8. The van der Waals surface area contributed by atoms with Crippen LogP contribution in [0.2, 0.25) is 0 Å². The van der Waals surface area contributed by atoms with E-state index in [1.165, 1.54) is 12.1 Å². The Bertz CT molecular complexity index is 459. The molecule has 3 amide bonds. The van der Waals surface area contributed by atoms with E-state index in [1.54, 1.807) is 12.1 Å². The Hall–Kier alpha value is -2.57. The smallest absolute Gasteiger partial charge is 0.323 e. The Kier molecular flexibility index (Phi) is 4.04. The Labute approximate surface area is 96.6 Å². The number of nitrogens with two attached hydrogens (primary N) is 1. The molecule has 0 aromatic heterocycles. The first-order chi connectivity index (χ1) is 8.00. The zero-order valence-electron chi connectivity index (χ0n) is 8.77. The van der Waals surface area contributed by atoms with Gasteiger partial charge in [0.1, 0.15) is 6.54 Å². The molecule has 0 unspecified atom stereocenters. The molecule has 1 aromatic rings. The van der Waals surface area contributed by atoms with Crippen molar-refractivity contribution in [2.45, 2.75) is 0 Å². The highest BCUT2D eigenvalue weighted by Gasteiger charge is 2.10. The number of rotatable bonds is 4. The number of carbonyl (C=O) groups excluding carboxylic acids is 2. The van der Waals surface area contributed by atoms with Gasteiger partial charge in [-0.3, -0.25) is 9.59 Å². The van der Waals surface area contributed by atoms with Gasteiger partial charge >= 0.3 is 12.0 Å². The number of aliphatic carboxylic acids is 1. The lowest BCUT2D eigenvalue weighted by molar-refractivity contribution is -0.135. The second kappa shape index (κ2) is 5.50. The maximum Gasteiger partial charge on any atom is 0.323 e. The van der Waals surface area contributed by atoms with Crippen LogP contribution in [0.4, 0.5) is 10.5 Å². The lowest BCUT2D eigenvalue weighted by Gasteiger charge is -2.08. The van der Waals surface area contributed by atoms with Gasteiger partial charge < -0.3 is 21.5 Å². The zero-order valence-corrected chi connectivity index (χ0v) is 8.77. The average molecular weight is 237 g/mol. The summed E-state index contributed by atoms with van der Waals surface area (Å²) in [6, 6.07) is 5.43. The van der Waals surface area contributed by atoms with Gasteiger partial charge in [-0.1, -0.05) is 12.1 Å². The molecule has 0 spiro atoms. The Balaban J connectivity index is 2.71. The predicted molar refractivity (Wildman–Crippen MR) is 59.6 cm³/mol. The number of urea groups is 1. The van der Waals surface area contributed by atoms with Crippen molar-refractivity contribution >= 4 is 23.6 Å². The molecule has 0 aliphatic rings. The fraction of sp³-hybridized carbons (Fsp3) is 0.100. The van der Waals surface area contributed by atoms with Crippen LogP contribution in [0.1, 0.15) is 10.4 Å². The number of para-hydroxylation sites is 1. The normalized spacial score (nSPS) is 9.41. The number of carbonyl (C=O) groups is 3. The van der Waals surface area contributed by atoms with Crippen LogP contribution in [-0.2, 0) is 4.79 Å². The molecule has 0 saturated heterocycles. The van der Waals surface area contributed by atoms with E-state index in [0.717, 1.165) is 0 Å². The fourth-order valence-electron chi connectivity index (χ4n) is 1.13. The van der Waals surface area contributed by atoms with E-state index in [4.69, 9.17) is 10.8 Å². The number of amides is 3. The van der Waals surface area contributed by atoms with E-state index in [9.17, 15) is 14.4 Å². The molecule has 1 aromatic carbocycles. The summed E-state index contributed by atoms with van der Waals surface area (Å²) >= 11 is 0. The van der Waals surface area contributed by atoms with Crippen molar-refractivity contribution in [3.63, 3.8) is 0 Å². The Morgan fingerprint density at radius 2 is 1.88 bits per heavy atom. The second-order valence-corrected chi connectivity index (χ2v) is 3.11. The van der Waals surface area contributed by atoms with Crippen LogP contribution in [0, 0.1) is 0 Å². The summed E-state index contributed by atoms with van der Waals surface area (Å²) in [6.45, 7) is -0.509. The SMILES string of the molecule is NC(=O)c1ccccc1NC(=O)NCC(=O)O. The molecule has 0 aliphatic heterocycles. The summed E-state index contributed by atoms with van der Waals surface area (Å²) in [5, 5.41) is 12.8. The van der Waals surface area contributed by atoms with Crippen molar-refractivity contribution in [1.29, 1.82) is 0 Å². The molecule has 5 N–H and O–H groups in total. The molecule has 7 nitrogen and oxygen atoms in total. The number of hydrogen-bond donors (Lipinski definition) is 4. The van der Waals surface area contributed by atoms with E-state index >= 15 is 0 Å². The highest BCUT2D eigenvalue weighted by atomic mass is 16.4. The highest BCUT2D eigenvalue weighted by molar-refractivity contribution is 6.02. The molecule has 0 fully saturated rings. The van der Waals surface area contributed by atoms with Crippen LogP contribution in [-0.4, -0.2) is 29.6 Å². The maximum absolute atomic E-state index is 11.3. The van der Waals surface area contributed by atoms with Gasteiger partial charge in [0.25, 0.3) is 5.91 Å². The topological polar surface area (TPSA) is 122 Å². The van der Waals surface area contributed by atoms with E-state index in [2.05, 4.69) is 10.6 Å². The Morgan fingerprint density at radius 1 is 1.24 bits per heavy atom. The van der Waals surface area contributed by atoms with Gasteiger partial charge in [0.2, 0.25) is 0 Å². The predicted octanol–water partition coefficient (Wildman–Crippen LogP) is -0.00840. The first-order valence-electron chi connectivity index (χ1n) is 4.66. The van der Waals surface area contributed by atoms with Crippen molar-refractivity contribution < 1.29 is 19.5 Å². The van der Waals surface area contributed by atoms with Crippen molar-refractivity contribution in [2.75, 3.05) is 11.9 Å². The van der Waals surface area contributed by atoms with E-state index in [1.807, 2.05) is 0 Å². The minimum atomic E-state index is -1.16. The lowest BCUT2D eigenvalue weighted by atomic mass is 10.1. The van der Waals surface area contributed by atoms with Gasteiger partial charge in [0, 0.05) is 0 Å². The number of hydrogen-bond acceptors (Lipinski definition) is 3. The van der Waals surface area contributed by atoms with Gasteiger partial charge in [0.15, 0.2) is 0 Å². The molecule has 0 atom stereocenters. The summed E-state index contributed by atoms with van der Waals surface area (Å²) in [4.78, 5) is 32.5. The quantitative estimate of drug-likeness (QED) is 0.588. The number of carboxylic acid groups (broad SMARTS) is 1. The van der Waals surface area contributed by atoms with Crippen LogP contribution in [0.15, 0.2) is 24.3 Å². The first kappa shape index (κ1) is 12.5. The molecule has 0 radical (unpaired) electrons. The molecule has 1 rings (SSSR count). The van der Waals surface area contributed by atoms with Crippen LogP contribution < -0.4 is 16.4 Å². The van der Waals surface area contributed by atoms with Crippen molar-refractivity contribution in [3.8, 4) is 0 Å². The van der Waals surface area contributed by atoms with Gasteiger partial charge in [-0.25, -0.2) is 4.79 Å². The molecule has 17 heavy (non-hydrogen) atoms. The number of benzene rings is 1. The van der Waals surface area contributed by atoms with Crippen LogP contribution in [0.25, 0.3) is 0 Å². The second-order valence-electron chi connectivity index (χ2n) is 3.11. The number of carboxylic acids is 1. The van der Waals surface area contributed by atoms with Gasteiger partial charge in [0.05, 0.1) is 11.3 Å². The van der Waals surface area contributed by atoms with E-state index < -0.39 is 24.5 Å². The molecule has 7 heteroatoms. The summed E-state index contributed by atoms with van der Waals surface area (Å²) in [6.07, 6.45) is 0. The minimum Gasteiger partial charge on any atom is -0.480 e. The fourth-order valence-corrected chi connectivity index (χ4v) is 1.13. The standard InChI is InChI=1S/C10H11N3O4/c11-9(16)6-3-1-2-4-7(6)13-10(17)12-5-8(14)15/h1-4H,5H2,(H2,11,16)(H,14,15)(H2,12,13,17). The number of nitrogens with one attached hydrogen (secondary N) is 2. The molecular weight excluding hydrogens is 226 g/mol. The summed E-state index contributed by atoms with van der Waals surface area (Å²) in [7, 11) is 0. The molecule has 0 heterocycles. The van der Waals surface area contributed by atoms with E-state index in [0.29, 0.717) is 0 Å². The molecule has 0 saturated carbocycles. The number of anilines is 1. The van der Waals surface area contributed by atoms with Crippen LogP contribution in [0.5, 0.6) is 0 Å². The monoisotopic (exact) mass is 237 g/mol. The van der Waals surface area contributed by atoms with Gasteiger partial charge in [-0.05, 0) is 12.1 Å². The summed E-state index contributed by atoms with van der Waals surface area (Å²) in [5.74, 6) is -1.84. The summed E-state index contributed by atoms with van der Waals surface area (Å²) in [5.41, 5.74) is 5.48. The average Bonchev–Trinajstić information content (AvgIpc) is 2.27. The largest absolute Gasteiger partial charge is 0.480 e. The van der Waals surface area contributed by atoms with Crippen molar-refractivity contribution in [3.05, 3.63) is 29.8 Å². The summed E-state index contributed by atoms with van der Waals surface area (Å²) < 4.78 is 0. The highest BCUT2D eigenvalue weighted by Crippen LogP contribution is 2.13. The lowest BCUT2D eigenvalue weighted by Crippen LogP contribution is -2.33. The number of primary amides is 1. The maximum atomic E-state index is 11.3.